The lowest BCUT2D eigenvalue weighted by Crippen LogP contribution is -2.29. The number of carbonyl (C=O) groups excluding carboxylic acids is 1. The third kappa shape index (κ3) is 5.92. The van der Waals surface area contributed by atoms with E-state index in [9.17, 15) is 4.79 Å². The standard InChI is InChI=1S/C29H34ClN3O5/c1-32-13-6-7-15-33(14-5-3-4-8-21-16-24-25(37-19-36-24)17-22(21)18-32)28-26(29(34)35-2)27(38-31-28)20-9-11-23(30)12-10-20/h9-12,16-17H,3-8,13-15,18-19H2,1-2H3. The molecule has 0 spiro atoms. The maximum atomic E-state index is 12.9. The Kier molecular flexibility index (Phi) is 8.39. The Balaban J connectivity index is 1.36. The van der Waals surface area contributed by atoms with E-state index in [2.05, 4.69) is 34.1 Å². The molecule has 0 amide bonds. The van der Waals surface area contributed by atoms with Crippen molar-refractivity contribution in [3.63, 3.8) is 0 Å². The van der Waals surface area contributed by atoms with Crippen LogP contribution in [-0.2, 0) is 17.7 Å². The highest BCUT2D eigenvalue weighted by Gasteiger charge is 2.28. The van der Waals surface area contributed by atoms with Gasteiger partial charge in [-0.2, -0.15) is 0 Å². The quantitative estimate of drug-likeness (QED) is 0.378. The number of ether oxygens (including phenoxy) is 3. The first-order chi connectivity index (χ1) is 18.5. The number of esters is 1. The summed E-state index contributed by atoms with van der Waals surface area (Å²) in [6, 6.07) is 11.5. The van der Waals surface area contributed by atoms with Crippen LogP contribution < -0.4 is 14.4 Å². The zero-order valence-corrected chi connectivity index (χ0v) is 22.8. The minimum atomic E-state index is -0.458. The fourth-order valence-corrected chi connectivity index (χ4v) is 5.29. The lowest BCUT2D eigenvalue weighted by molar-refractivity contribution is 0.0601. The van der Waals surface area contributed by atoms with E-state index < -0.39 is 5.97 Å². The van der Waals surface area contributed by atoms with Crippen molar-refractivity contribution >= 4 is 23.4 Å². The predicted molar refractivity (Wildman–Crippen MR) is 146 cm³/mol. The monoisotopic (exact) mass is 539 g/mol. The number of methoxy groups -OCH3 is 1. The average Bonchev–Trinajstić information content (AvgIpc) is 3.56. The number of carbonyl (C=O) groups is 1. The molecule has 0 saturated carbocycles. The summed E-state index contributed by atoms with van der Waals surface area (Å²) < 4.78 is 22.1. The number of benzene rings is 2. The molecule has 2 aromatic carbocycles. The summed E-state index contributed by atoms with van der Waals surface area (Å²) in [4.78, 5) is 17.4. The van der Waals surface area contributed by atoms with Crippen LogP contribution in [0.2, 0.25) is 5.02 Å². The molecule has 202 valence electrons. The number of anilines is 1. The van der Waals surface area contributed by atoms with E-state index in [1.165, 1.54) is 18.2 Å². The van der Waals surface area contributed by atoms with Gasteiger partial charge in [-0.1, -0.05) is 23.2 Å². The zero-order valence-electron chi connectivity index (χ0n) is 22.0. The van der Waals surface area contributed by atoms with Crippen LogP contribution in [0.1, 0.15) is 53.6 Å². The molecule has 5 rings (SSSR count). The van der Waals surface area contributed by atoms with Crippen molar-refractivity contribution in [2.45, 2.75) is 45.1 Å². The molecule has 0 bridgehead atoms. The Labute approximate surface area is 228 Å². The summed E-state index contributed by atoms with van der Waals surface area (Å²) >= 11 is 6.07. The first-order valence-corrected chi connectivity index (χ1v) is 13.6. The topological polar surface area (TPSA) is 77.3 Å². The molecule has 9 heteroatoms. The van der Waals surface area contributed by atoms with Gasteiger partial charge in [-0.25, -0.2) is 4.79 Å². The van der Waals surface area contributed by atoms with Crippen LogP contribution in [0.25, 0.3) is 11.3 Å². The molecule has 8 nitrogen and oxygen atoms in total. The van der Waals surface area contributed by atoms with Crippen molar-refractivity contribution in [1.29, 1.82) is 0 Å². The van der Waals surface area contributed by atoms with Crippen molar-refractivity contribution in [2.75, 3.05) is 45.5 Å². The summed E-state index contributed by atoms with van der Waals surface area (Å²) in [5, 5.41) is 4.98. The Morgan fingerprint density at radius 1 is 0.947 bits per heavy atom. The number of hydrogen-bond acceptors (Lipinski definition) is 8. The summed E-state index contributed by atoms with van der Waals surface area (Å²) in [6.07, 6.45) is 6.05. The smallest absolute Gasteiger partial charge is 0.345 e. The molecule has 1 aromatic heterocycles. The highest BCUT2D eigenvalue weighted by molar-refractivity contribution is 6.30. The lowest BCUT2D eigenvalue weighted by atomic mass is 9.99. The minimum absolute atomic E-state index is 0.291. The fourth-order valence-electron chi connectivity index (χ4n) is 5.16. The summed E-state index contributed by atoms with van der Waals surface area (Å²) in [7, 11) is 3.54. The van der Waals surface area contributed by atoms with E-state index in [0.717, 1.165) is 81.8 Å². The van der Waals surface area contributed by atoms with Crippen LogP contribution in [0.3, 0.4) is 0 Å². The largest absolute Gasteiger partial charge is 0.465 e. The average molecular weight is 540 g/mol. The van der Waals surface area contributed by atoms with Crippen molar-refractivity contribution in [2.24, 2.45) is 0 Å². The van der Waals surface area contributed by atoms with Gasteiger partial charge >= 0.3 is 5.97 Å². The molecule has 0 unspecified atom stereocenters. The van der Waals surface area contributed by atoms with Gasteiger partial charge in [0.15, 0.2) is 28.6 Å². The second-order valence-electron chi connectivity index (χ2n) is 9.93. The molecule has 3 aromatic rings. The Morgan fingerprint density at radius 2 is 1.63 bits per heavy atom. The van der Waals surface area contributed by atoms with E-state index >= 15 is 0 Å². The van der Waals surface area contributed by atoms with Gasteiger partial charge in [-0.3, -0.25) is 0 Å². The van der Waals surface area contributed by atoms with E-state index in [1.807, 2.05) is 12.1 Å². The third-order valence-electron chi connectivity index (χ3n) is 7.20. The molecular weight excluding hydrogens is 506 g/mol. The molecule has 2 aliphatic rings. The summed E-state index contributed by atoms with van der Waals surface area (Å²) in [6.45, 7) is 3.68. The molecule has 0 aliphatic carbocycles. The zero-order chi connectivity index (χ0) is 26.5. The third-order valence-corrected chi connectivity index (χ3v) is 7.45. The highest BCUT2D eigenvalue weighted by Crippen LogP contribution is 2.36. The number of hydrogen-bond donors (Lipinski definition) is 0. The highest BCUT2D eigenvalue weighted by atomic mass is 35.5. The maximum Gasteiger partial charge on any atom is 0.345 e. The van der Waals surface area contributed by atoms with Crippen LogP contribution in [-0.4, -0.2) is 56.6 Å². The SMILES string of the molecule is COC(=O)c1c(N2CCCCCc3cc4c(cc3CN(C)CCCC2)OCO4)noc1-c1ccc(Cl)cc1. The van der Waals surface area contributed by atoms with Gasteiger partial charge in [0.05, 0.1) is 7.11 Å². The van der Waals surface area contributed by atoms with Crippen molar-refractivity contribution in [3.05, 3.63) is 58.1 Å². The van der Waals surface area contributed by atoms with Crippen LogP contribution >= 0.6 is 11.6 Å². The first kappa shape index (κ1) is 26.4. The van der Waals surface area contributed by atoms with Gasteiger partial charge < -0.3 is 28.5 Å². The molecule has 38 heavy (non-hydrogen) atoms. The van der Waals surface area contributed by atoms with E-state index in [-0.39, 0.29) is 0 Å². The molecule has 0 atom stereocenters. The maximum absolute atomic E-state index is 12.9. The van der Waals surface area contributed by atoms with Crippen LogP contribution in [0.4, 0.5) is 5.82 Å². The first-order valence-electron chi connectivity index (χ1n) is 13.2. The molecule has 3 heterocycles. The number of aryl methyl sites for hydroxylation is 1. The van der Waals surface area contributed by atoms with Crippen LogP contribution in [0.15, 0.2) is 40.9 Å². The fraction of sp³-hybridized carbons (Fsp3) is 0.448. The van der Waals surface area contributed by atoms with Gasteiger partial charge in [-0.05, 0) is 93.2 Å². The van der Waals surface area contributed by atoms with Gasteiger partial charge in [0.2, 0.25) is 6.79 Å². The Bertz CT molecular complexity index is 1260. The van der Waals surface area contributed by atoms with E-state index in [0.29, 0.717) is 29.0 Å². The van der Waals surface area contributed by atoms with Gasteiger partial charge in [-0.15, -0.1) is 0 Å². The van der Waals surface area contributed by atoms with Gasteiger partial charge in [0.1, 0.15) is 0 Å². The molecule has 0 saturated heterocycles. The van der Waals surface area contributed by atoms with Gasteiger partial charge in [0.25, 0.3) is 0 Å². The lowest BCUT2D eigenvalue weighted by Gasteiger charge is -2.25. The summed E-state index contributed by atoms with van der Waals surface area (Å²) in [5.74, 6) is 2.18. The van der Waals surface area contributed by atoms with Crippen molar-refractivity contribution in [3.8, 4) is 22.8 Å². The molecular formula is C29H34ClN3O5. The van der Waals surface area contributed by atoms with Gasteiger partial charge in [0, 0.05) is 30.2 Å². The number of aromatic nitrogens is 1. The van der Waals surface area contributed by atoms with E-state index in [4.69, 9.17) is 30.3 Å². The second-order valence-corrected chi connectivity index (χ2v) is 10.4. The molecule has 2 aliphatic heterocycles. The second kappa shape index (κ2) is 12.1. The number of halogens is 1. The van der Waals surface area contributed by atoms with Crippen molar-refractivity contribution in [1.82, 2.24) is 10.1 Å². The minimum Gasteiger partial charge on any atom is -0.465 e. The normalized spacial score (nSPS) is 17.1. The molecule has 0 radical (unpaired) electrons. The van der Waals surface area contributed by atoms with Crippen molar-refractivity contribution < 1.29 is 23.5 Å². The Morgan fingerprint density at radius 3 is 2.37 bits per heavy atom. The Hall–Kier alpha value is -3.23. The van der Waals surface area contributed by atoms with Crippen LogP contribution in [0, 0.1) is 0 Å². The predicted octanol–water partition coefficient (Wildman–Crippen LogP) is 5.96. The molecule has 0 N–H and O–H groups in total. The summed E-state index contributed by atoms with van der Waals surface area (Å²) in [5.41, 5.74) is 3.73. The number of fused-ring (bicyclic) bond motifs is 2. The van der Waals surface area contributed by atoms with Crippen LogP contribution in [0.5, 0.6) is 11.5 Å². The van der Waals surface area contributed by atoms with E-state index in [1.54, 1.807) is 12.1 Å². The number of nitrogens with zero attached hydrogens (tertiary/aromatic N) is 3. The molecule has 0 fully saturated rings. The number of rotatable bonds is 3.